The Balaban J connectivity index is 1.79. The van der Waals surface area contributed by atoms with Gasteiger partial charge in [0.25, 0.3) is 0 Å². The lowest BCUT2D eigenvalue weighted by Crippen LogP contribution is -1.98. The van der Waals surface area contributed by atoms with Crippen molar-refractivity contribution in [2.45, 2.75) is 18.8 Å². The van der Waals surface area contributed by atoms with Crippen LogP contribution in [0.1, 0.15) is 23.8 Å². The topological polar surface area (TPSA) is 67.1 Å². The van der Waals surface area contributed by atoms with Crippen LogP contribution < -0.4 is 18.9 Å². The van der Waals surface area contributed by atoms with E-state index in [1.54, 1.807) is 38.7 Å². The van der Waals surface area contributed by atoms with E-state index >= 15 is 0 Å². The third-order valence-electron chi connectivity index (χ3n) is 5.50. The van der Waals surface area contributed by atoms with E-state index in [2.05, 4.69) is 0 Å². The zero-order chi connectivity index (χ0) is 22.4. The largest absolute Gasteiger partial charge is 0.496 e. The van der Waals surface area contributed by atoms with Gasteiger partial charge in [0.15, 0.2) is 11.5 Å². The van der Waals surface area contributed by atoms with Gasteiger partial charge in [0.05, 0.1) is 28.4 Å². The van der Waals surface area contributed by atoms with Crippen molar-refractivity contribution in [2.75, 3.05) is 28.4 Å². The summed E-state index contributed by atoms with van der Waals surface area (Å²) in [6.45, 7) is 0. The molecule has 1 aliphatic carbocycles. The van der Waals surface area contributed by atoms with Gasteiger partial charge in [-0.1, -0.05) is 11.3 Å². The Morgan fingerprint density at radius 1 is 0.938 bits per heavy atom. The van der Waals surface area contributed by atoms with Crippen LogP contribution in [0.3, 0.4) is 0 Å². The number of methoxy groups -OCH3 is 4. The predicted octanol–water partition coefficient (Wildman–Crippen LogP) is 5.18. The number of halogens is 1. The van der Waals surface area contributed by atoms with Crippen LogP contribution in [-0.2, 0) is 0 Å². The molecule has 0 saturated heterocycles. The van der Waals surface area contributed by atoms with Gasteiger partial charge in [-0.2, -0.15) is 5.10 Å². The molecule has 7 nitrogen and oxygen atoms in total. The van der Waals surface area contributed by atoms with Gasteiger partial charge < -0.3 is 18.9 Å². The van der Waals surface area contributed by atoms with Crippen molar-refractivity contribution in [1.29, 1.82) is 0 Å². The Hall–Kier alpha value is -3.33. The summed E-state index contributed by atoms with van der Waals surface area (Å²) in [6.07, 6.45) is 2.29. The summed E-state index contributed by atoms with van der Waals surface area (Å²) < 4.78 is 37.8. The highest BCUT2D eigenvalue weighted by molar-refractivity contribution is 7.16. The quantitative estimate of drug-likeness (QED) is 0.383. The van der Waals surface area contributed by atoms with Gasteiger partial charge in [0.1, 0.15) is 28.0 Å². The minimum atomic E-state index is -0.377. The normalized spacial score (nSPS) is 13.4. The molecule has 2 aromatic carbocycles. The van der Waals surface area contributed by atoms with Crippen molar-refractivity contribution < 1.29 is 23.3 Å². The summed E-state index contributed by atoms with van der Waals surface area (Å²) in [7, 11) is 6.22. The van der Waals surface area contributed by atoms with Gasteiger partial charge in [-0.25, -0.2) is 13.9 Å². The number of hydrogen-bond donors (Lipinski definition) is 0. The molecule has 1 saturated carbocycles. The highest BCUT2D eigenvalue weighted by atomic mass is 32.1. The molecular weight excluding hydrogens is 433 g/mol. The molecule has 0 atom stereocenters. The average molecular weight is 456 g/mol. The van der Waals surface area contributed by atoms with Crippen LogP contribution >= 0.6 is 11.3 Å². The first-order valence-electron chi connectivity index (χ1n) is 10.1. The first-order valence-corrected chi connectivity index (χ1v) is 10.9. The molecule has 0 aliphatic heterocycles. The van der Waals surface area contributed by atoms with Crippen molar-refractivity contribution in [3.05, 3.63) is 41.2 Å². The number of ether oxygens (including phenoxy) is 4. The zero-order valence-electron chi connectivity index (χ0n) is 18.1. The molecule has 0 N–H and O–H groups in total. The van der Waals surface area contributed by atoms with Crippen LogP contribution in [0.15, 0.2) is 30.3 Å². The number of rotatable bonds is 7. The van der Waals surface area contributed by atoms with Crippen molar-refractivity contribution in [3.63, 3.8) is 0 Å². The molecule has 1 fully saturated rings. The zero-order valence-corrected chi connectivity index (χ0v) is 19.0. The minimum Gasteiger partial charge on any atom is -0.496 e. The van der Waals surface area contributed by atoms with Gasteiger partial charge in [-0.05, 0) is 37.1 Å². The molecule has 0 spiro atoms. The highest BCUT2D eigenvalue weighted by Gasteiger charge is 2.30. The Morgan fingerprint density at radius 3 is 2.22 bits per heavy atom. The fraction of sp³-hybridized carbons (Fsp3) is 0.304. The van der Waals surface area contributed by atoms with Crippen LogP contribution in [0.25, 0.3) is 27.5 Å². The summed E-state index contributed by atoms with van der Waals surface area (Å²) in [5.74, 6) is 2.05. The van der Waals surface area contributed by atoms with Gasteiger partial charge in [-0.15, -0.1) is 0 Å². The lowest BCUT2D eigenvalue weighted by molar-refractivity contribution is 0.324. The summed E-state index contributed by atoms with van der Waals surface area (Å²) in [5.41, 5.74) is 2.83. The maximum absolute atomic E-state index is 13.9. The van der Waals surface area contributed by atoms with Gasteiger partial charge in [0, 0.05) is 23.1 Å². The molecule has 9 heteroatoms. The number of fused-ring (bicyclic) bond motifs is 1. The number of imidazole rings is 1. The third-order valence-corrected chi connectivity index (χ3v) is 6.57. The lowest BCUT2D eigenvalue weighted by Gasteiger charge is -2.14. The Kier molecular flexibility index (Phi) is 5.13. The van der Waals surface area contributed by atoms with Crippen LogP contribution in [-0.4, -0.2) is 43.0 Å². The monoisotopic (exact) mass is 455 g/mol. The second-order valence-corrected chi connectivity index (χ2v) is 8.46. The smallest absolute Gasteiger partial charge is 0.213 e. The Morgan fingerprint density at radius 2 is 1.62 bits per heavy atom. The lowest BCUT2D eigenvalue weighted by atomic mass is 10.0. The molecule has 1 aliphatic rings. The van der Waals surface area contributed by atoms with E-state index in [1.807, 2.05) is 16.6 Å². The maximum atomic E-state index is 13.9. The van der Waals surface area contributed by atoms with Gasteiger partial charge >= 0.3 is 0 Å². The van der Waals surface area contributed by atoms with Crippen molar-refractivity contribution >= 4 is 16.3 Å². The van der Waals surface area contributed by atoms with Crippen molar-refractivity contribution in [1.82, 2.24) is 14.6 Å². The summed E-state index contributed by atoms with van der Waals surface area (Å²) >= 11 is 1.58. The first-order chi connectivity index (χ1) is 15.6. The molecule has 0 amide bonds. The van der Waals surface area contributed by atoms with Crippen LogP contribution in [0.4, 0.5) is 4.39 Å². The summed E-state index contributed by atoms with van der Waals surface area (Å²) in [6, 6.07) is 8.14. The average Bonchev–Trinajstić information content (AvgIpc) is 3.49. The number of benzene rings is 2. The Bertz CT molecular complexity index is 1290. The summed E-state index contributed by atoms with van der Waals surface area (Å²) in [5, 5.41) is 5.91. The molecule has 5 rings (SSSR count). The molecule has 32 heavy (non-hydrogen) atoms. The Labute approximate surface area is 188 Å². The van der Waals surface area contributed by atoms with E-state index in [0.29, 0.717) is 45.9 Å². The number of nitrogens with zero attached hydrogens (tertiary/aromatic N) is 3. The predicted molar refractivity (Wildman–Crippen MR) is 120 cm³/mol. The second-order valence-electron chi connectivity index (χ2n) is 7.48. The van der Waals surface area contributed by atoms with Crippen molar-refractivity contribution in [2.24, 2.45) is 0 Å². The summed E-state index contributed by atoms with van der Waals surface area (Å²) in [4.78, 5) is 5.67. The van der Waals surface area contributed by atoms with E-state index in [0.717, 1.165) is 28.4 Å². The van der Waals surface area contributed by atoms with E-state index in [4.69, 9.17) is 29.0 Å². The van der Waals surface area contributed by atoms with Crippen LogP contribution in [0.5, 0.6) is 23.0 Å². The fourth-order valence-corrected chi connectivity index (χ4v) is 4.85. The molecule has 0 radical (unpaired) electrons. The van der Waals surface area contributed by atoms with Crippen LogP contribution in [0, 0.1) is 5.82 Å². The van der Waals surface area contributed by atoms with Gasteiger partial charge in [0.2, 0.25) is 10.7 Å². The van der Waals surface area contributed by atoms with E-state index in [-0.39, 0.29) is 5.82 Å². The first kappa shape index (κ1) is 20.6. The molecule has 2 aromatic heterocycles. The highest BCUT2D eigenvalue weighted by Crippen LogP contribution is 2.47. The maximum Gasteiger partial charge on any atom is 0.213 e. The van der Waals surface area contributed by atoms with Crippen molar-refractivity contribution in [3.8, 4) is 45.5 Å². The van der Waals surface area contributed by atoms with E-state index in [9.17, 15) is 4.39 Å². The second kappa shape index (κ2) is 7.98. The van der Waals surface area contributed by atoms with Crippen LogP contribution in [0.2, 0.25) is 0 Å². The molecule has 4 aromatic rings. The molecule has 0 bridgehead atoms. The molecule has 166 valence electrons. The SMILES string of the molecule is COc1cc(F)ccc1-c1c(-c2cc(OC)c(OC)c(OC)c2)nc2sc(C3CC3)nn12. The van der Waals surface area contributed by atoms with E-state index < -0.39 is 0 Å². The molecule has 2 heterocycles. The molecular formula is C23H22FN3O4S. The standard InChI is InChI=1S/C23H22FN3O4S/c1-28-16-11-14(24)7-8-15(16)20-19(25-23-27(20)26-22(32-23)12-5-6-12)13-9-17(29-2)21(31-4)18(10-13)30-3/h7-12H,5-6H2,1-4H3. The fourth-order valence-electron chi connectivity index (χ4n) is 3.78. The minimum absolute atomic E-state index is 0.377. The number of aromatic nitrogens is 3. The molecule has 0 unspecified atom stereocenters. The number of hydrogen-bond acceptors (Lipinski definition) is 7. The van der Waals surface area contributed by atoms with Gasteiger partial charge in [-0.3, -0.25) is 0 Å². The van der Waals surface area contributed by atoms with E-state index in [1.165, 1.54) is 19.2 Å². The third kappa shape index (κ3) is 3.33.